The number of halogens is 1. The maximum atomic E-state index is 11.9. The van der Waals surface area contributed by atoms with E-state index in [9.17, 15) is 4.79 Å². The van der Waals surface area contributed by atoms with Crippen LogP contribution < -0.4 is 10.6 Å². The third kappa shape index (κ3) is 3.45. The van der Waals surface area contributed by atoms with E-state index in [4.69, 9.17) is 17.3 Å². The molecule has 17 heavy (non-hydrogen) atoms. The Morgan fingerprint density at radius 2 is 2.18 bits per heavy atom. The van der Waals surface area contributed by atoms with Gasteiger partial charge in [-0.3, -0.25) is 4.79 Å². The maximum absolute atomic E-state index is 11.9. The second-order valence-corrected chi connectivity index (χ2v) is 4.42. The number of carbonyl (C=O) groups is 1. The molecule has 0 radical (unpaired) electrons. The number of amides is 1. The summed E-state index contributed by atoms with van der Waals surface area (Å²) in [6, 6.07) is 5.63. The van der Waals surface area contributed by atoms with E-state index >= 15 is 0 Å². The Morgan fingerprint density at radius 3 is 2.71 bits per heavy atom. The fraction of sp³-hybridized carbons (Fsp3) is 0.462. The van der Waals surface area contributed by atoms with Gasteiger partial charge < -0.3 is 10.6 Å². The largest absolute Gasteiger partial charge is 0.322 e. The number of rotatable bonds is 5. The lowest BCUT2D eigenvalue weighted by molar-refractivity contribution is -0.117. The Hall–Kier alpha value is -1.06. The van der Waals surface area contributed by atoms with E-state index in [-0.39, 0.29) is 12.5 Å². The number of carbonyl (C=O) groups excluding carboxylic acids is 1. The maximum Gasteiger partial charge on any atom is 0.240 e. The highest BCUT2D eigenvalue weighted by Crippen LogP contribution is 2.29. The number of unbranched alkanes of at least 4 members (excludes halogenated alkanes) is 1. The number of nitrogens with two attached hydrogens (primary N) is 1. The van der Waals surface area contributed by atoms with Crippen molar-refractivity contribution in [2.45, 2.75) is 26.7 Å². The van der Waals surface area contributed by atoms with Crippen molar-refractivity contribution in [3.05, 3.63) is 28.8 Å². The van der Waals surface area contributed by atoms with Crippen molar-refractivity contribution in [3.8, 4) is 0 Å². The number of para-hydroxylation sites is 1. The Morgan fingerprint density at radius 1 is 1.47 bits per heavy atom. The first-order valence-electron chi connectivity index (χ1n) is 5.87. The molecular formula is C13H19ClN2O. The van der Waals surface area contributed by atoms with E-state index < -0.39 is 0 Å². The third-order valence-corrected chi connectivity index (χ3v) is 2.97. The molecule has 0 atom stereocenters. The molecule has 1 aromatic rings. The van der Waals surface area contributed by atoms with Gasteiger partial charge in [0.1, 0.15) is 0 Å². The van der Waals surface area contributed by atoms with Crippen LogP contribution in [-0.4, -0.2) is 19.0 Å². The van der Waals surface area contributed by atoms with Crippen molar-refractivity contribution in [1.82, 2.24) is 0 Å². The van der Waals surface area contributed by atoms with Gasteiger partial charge in [-0.25, -0.2) is 0 Å². The molecule has 0 aromatic heterocycles. The molecule has 0 bridgehead atoms. The first-order valence-corrected chi connectivity index (χ1v) is 6.25. The lowest BCUT2D eigenvalue weighted by Crippen LogP contribution is -2.37. The summed E-state index contributed by atoms with van der Waals surface area (Å²) < 4.78 is 0. The van der Waals surface area contributed by atoms with E-state index in [2.05, 4.69) is 6.92 Å². The molecule has 94 valence electrons. The number of nitrogens with zero attached hydrogens (tertiary/aromatic N) is 1. The molecular weight excluding hydrogens is 236 g/mol. The van der Waals surface area contributed by atoms with Crippen molar-refractivity contribution >= 4 is 23.2 Å². The summed E-state index contributed by atoms with van der Waals surface area (Å²) in [6.07, 6.45) is 1.97. The summed E-state index contributed by atoms with van der Waals surface area (Å²) in [5, 5.41) is 0.600. The Balaban J connectivity index is 3.07. The van der Waals surface area contributed by atoms with E-state index in [1.54, 1.807) is 11.0 Å². The second-order valence-electron chi connectivity index (χ2n) is 4.01. The van der Waals surface area contributed by atoms with Crippen molar-refractivity contribution in [1.29, 1.82) is 0 Å². The second kappa shape index (κ2) is 6.62. The van der Waals surface area contributed by atoms with Crippen LogP contribution in [0.1, 0.15) is 25.3 Å². The van der Waals surface area contributed by atoms with Crippen LogP contribution in [0, 0.1) is 6.92 Å². The quantitative estimate of drug-likeness (QED) is 0.878. The smallest absolute Gasteiger partial charge is 0.240 e. The monoisotopic (exact) mass is 254 g/mol. The zero-order valence-corrected chi connectivity index (χ0v) is 11.1. The van der Waals surface area contributed by atoms with E-state index in [1.165, 1.54) is 0 Å². The van der Waals surface area contributed by atoms with Crippen LogP contribution in [0.2, 0.25) is 5.02 Å². The van der Waals surface area contributed by atoms with E-state index in [0.717, 1.165) is 24.1 Å². The summed E-state index contributed by atoms with van der Waals surface area (Å²) in [4.78, 5) is 13.6. The third-order valence-electron chi connectivity index (χ3n) is 2.67. The van der Waals surface area contributed by atoms with Crippen molar-refractivity contribution < 1.29 is 4.79 Å². The predicted molar refractivity (Wildman–Crippen MR) is 72.5 cm³/mol. The number of hydrogen-bond acceptors (Lipinski definition) is 2. The van der Waals surface area contributed by atoms with Gasteiger partial charge in [-0.2, -0.15) is 0 Å². The molecule has 0 fully saturated rings. The molecule has 1 rings (SSSR count). The predicted octanol–water partition coefficient (Wildman–Crippen LogP) is 2.74. The topological polar surface area (TPSA) is 46.3 Å². The van der Waals surface area contributed by atoms with Crippen molar-refractivity contribution in [3.63, 3.8) is 0 Å². The molecule has 0 aliphatic rings. The number of anilines is 1. The summed E-state index contributed by atoms with van der Waals surface area (Å²) >= 11 is 6.17. The molecule has 4 heteroatoms. The number of benzene rings is 1. The normalized spacial score (nSPS) is 10.4. The van der Waals surface area contributed by atoms with Crippen LogP contribution in [0.25, 0.3) is 0 Å². The summed E-state index contributed by atoms with van der Waals surface area (Å²) in [5.74, 6) is -0.0883. The van der Waals surface area contributed by atoms with Gasteiger partial charge in [0.2, 0.25) is 5.91 Å². The molecule has 3 nitrogen and oxygen atoms in total. The van der Waals surface area contributed by atoms with Gasteiger partial charge in [-0.15, -0.1) is 0 Å². The zero-order valence-electron chi connectivity index (χ0n) is 10.4. The minimum Gasteiger partial charge on any atom is -0.322 e. The van der Waals surface area contributed by atoms with Gasteiger partial charge in [0.05, 0.1) is 17.3 Å². The first-order chi connectivity index (χ1) is 8.11. The molecule has 0 saturated carbocycles. The fourth-order valence-electron chi connectivity index (χ4n) is 1.75. The molecule has 1 aromatic carbocycles. The fourth-order valence-corrected chi connectivity index (χ4v) is 2.08. The van der Waals surface area contributed by atoms with Gasteiger partial charge >= 0.3 is 0 Å². The summed E-state index contributed by atoms with van der Waals surface area (Å²) in [6.45, 7) is 4.71. The van der Waals surface area contributed by atoms with Crippen LogP contribution in [0.3, 0.4) is 0 Å². The molecule has 0 aliphatic carbocycles. The average molecular weight is 255 g/mol. The van der Waals surface area contributed by atoms with E-state index in [1.807, 2.05) is 19.1 Å². The van der Waals surface area contributed by atoms with Crippen LogP contribution in [-0.2, 0) is 4.79 Å². The summed E-state index contributed by atoms with van der Waals surface area (Å²) in [5.41, 5.74) is 7.23. The first kappa shape index (κ1) is 14.0. The Kier molecular flexibility index (Phi) is 5.45. The van der Waals surface area contributed by atoms with Crippen LogP contribution in [0.5, 0.6) is 0 Å². The minimum absolute atomic E-state index is 0.00831. The minimum atomic E-state index is -0.0883. The van der Waals surface area contributed by atoms with E-state index in [0.29, 0.717) is 11.6 Å². The number of hydrogen-bond donors (Lipinski definition) is 1. The van der Waals surface area contributed by atoms with Gasteiger partial charge in [0, 0.05) is 6.54 Å². The van der Waals surface area contributed by atoms with Crippen molar-refractivity contribution in [2.24, 2.45) is 5.73 Å². The molecule has 2 N–H and O–H groups in total. The zero-order chi connectivity index (χ0) is 12.8. The Bertz CT molecular complexity index is 373. The van der Waals surface area contributed by atoms with Gasteiger partial charge in [0.15, 0.2) is 0 Å². The van der Waals surface area contributed by atoms with Crippen LogP contribution in [0.4, 0.5) is 5.69 Å². The van der Waals surface area contributed by atoms with Crippen LogP contribution >= 0.6 is 11.6 Å². The van der Waals surface area contributed by atoms with Crippen LogP contribution in [0.15, 0.2) is 18.2 Å². The molecule has 0 heterocycles. The molecule has 1 amide bonds. The SMILES string of the molecule is CCCCN(C(=O)CN)c1c(C)cccc1Cl. The van der Waals surface area contributed by atoms with Gasteiger partial charge in [-0.1, -0.05) is 37.1 Å². The van der Waals surface area contributed by atoms with Gasteiger partial charge in [0.25, 0.3) is 0 Å². The summed E-state index contributed by atoms with van der Waals surface area (Å²) in [7, 11) is 0. The highest BCUT2D eigenvalue weighted by Gasteiger charge is 2.18. The number of aryl methyl sites for hydroxylation is 1. The molecule has 0 saturated heterocycles. The molecule has 0 aliphatic heterocycles. The molecule has 0 unspecified atom stereocenters. The van der Waals surface area contributed by atoms with Crippen molar-refractivity contribution in [2.75, 3.05) is 18.0 Å². The average Bonchev–Trinajstić information content (AvgIpc) is 2.32. The highest BCUT2D eigenvalue weighted by molar-refractivity contribution is 6.34. The lowest BCUT2D eigenvalue weighted by atomic mass is 10.1. The van der Waals surface area contributed by atoms with Gasteiger partial charge in [-0.05, 0) is 25.0 Å². The highest BCUT2D eigenvalue weighted by atomic mass is 35.5. The lowest BCUT2D eigenvalue weighted by Gasteiger charge is -2.25. The Labute approximate surface area is 108 Å². The molecule has 0 spiro atoms. The standard InChI is InChI=1S/C13H19ClN2O/c1-3-4-8-16(12(17)9-15)13-10(2)6-5-7-11(13)14/h5-7H,3-4,8-9,15H2,1-2H3.